The van der Waals surface area contributed by atoms with E-state index in [0.717, 1.165) is 12.8 Å². The largest absolute Gasteiger partial charge is 0.371 e. The lowest BCUT2D eigenvalue weighted by Gasteiger charge is -2.25. The van der Waals surface area contributed by atoms with Gasteiger partial charge in [-0.05, 0) is 24.8 Å². The van der Waals surface area contributed by atoms with Crippen LogP contribution in [-0.2, 0) is 0 Å². The first-order chi connectivity index (χ1) is 8.22. The molecule has 1 heterocycles. The summed E-state index contributed by atoms with van der Waals surface area (Å²) >= 11 is 0. The van der Waals surface area contributed by atoms with Crippen molar-refractivity contribution in [2.75, 3.05) is 18.9 Å². The lowest BCUT2D eigenvalue weighted by atomic mass is 9.85. The smallest absolute Gasteiger partial charge is 0.254 e. The highest BCUT2D eigenvalue weighted by Gasteiger charge is 2.20. The van der Waals surface area contributed by atoms with Crippen LogP contribution in [0.15, 0.2) is 12.3 Å². The molecule has 1 amide bonds. The molecule has 2 N–H and O–H groups in total. The van der Waals surface area contributed by atoms with E-state index in [2.05, 4.69) is 15.6 Å². The number of nitrogens with one attached hydrogen (secondary N) is 2. The van der Waals surface area contributed by atoms with Crippen molar-refractivity contribution < 1.29 is 9.18 Å². The molecule has 1 saturated carbocycles. The molecule has 1 aromatic rings. The van der Waals surface area contributed by atoms with E-state index in [1.165, 1.54) is 18.7 Å². The summed E-state index contributed by atoms with van der Waals surface area (Å²) in [6.07, 6.45) is 4.96. The number of carbonyl (C=O) groups excluding carboxylic acids is 1. The summed E-state index contributed by atoms with van der Waals surface area (Å²) in [5.41, 5.74) is 0.0451. The van der Waals surface area contributed by atoms with Gasteiger partial charge in [0.15, 0.2) is 11.6 Å². The lowest BCUT2D eigenvalue weighted by Crippen LogP contribution is -2.32. The first-order valence-electron chi connectivity index (χ1n) is 5.83. The number of amides is 1. The van der Waals surface area contributed by atoms with E-state index in [-0.39, 0.29) is 17.3 Å². The van der Waals surface area contributed by atoms with Gasteiger partial charge < -0.3 is 10.6 Å². The van der Waals surface area contributed by atoms with Crippen molar-refractivity contribution in [3.63, 3.8) is 0 Å². The van der Waals surface area contributed by atoms with Gasteiger partial charge in [0.05, 0.1) is 5.56 Å². The van der Waals surface area contributed by atoms with E-state index in [1.54, 1.807) is 7.05 Å². The zero-order valence-electron chi connectivity index (χ0n) is 9.79. The number of halogens is 1. The maximum absolute atomic E-state index is 13.8. The maximum Gasteiger partial charge on any atom is 0.254 e. The Morgan fingerprint density at radius 3 is 2.94 bits per heavy atom. The van der Waals surface area contributed by atoms with Gasteiger partial charge in [-0.2, -0.15) is 0 Å². The van der Waals surface area contributed by atoms with Gasteiger partial charge in [-0.15, -0.1) is 0 Å². The highest BCUT2D eigenvalue weighted by atomic mass is 19.1. The molecule has 1 aliphatic carbocycles. The Hall–Kier alpha value is -1.65. The van der Waals surface area contributed by atoms with Crippen molar-refractivity contribution >= 4 is 11.7 Å². The number of anilines is 1. The Morgan fingerprint density at radius 2 is 2.35 bits per heavy atom. The predicted molar refractivity (Wildman–Crippen MR) is 63.4 cm³/mol. The number of aromatic nitrogens is 1. The van der Waals surface area contributed by atoms with E-state index < -0.39 is 5.82 Å². The van der Waals surface area contributed by atoms with Crippen molar-refractivity contribution in [1.82, 2.24) is 10.3 Å². The van der Waals surface area contributed by atoms with Crippen molar-refractivity contribution in [3.8, 4) is 0 Å². The molecule has 0 spiro atoms. The number of pyridine rings is 1. The van der Waals surface area contributed by atoms with Crippen LogP contribution in [0.4, 0.5) is 10.2 Å². The van der Waals surface area contributed by atoms with Crippen molar-refractivity contribution in [2.45, 2.75) is 19.3 Å². The molecule has 92 valence electrons. The minimum atomic E-state index is -0.596. The average molecular weight is 237 g/mol. The molecule has 0 unspecified atom stereocenters. The minimum absolute atomic E-state index is 0.0451. The third-order valence-corrected chi connectivity index (χ3v) is 3.15. The van der Waals surface area contributed by atoms with Crippen LogP contribution in [0.5, 0.6) is 0 Å². The molecule has 0 atom stereocenters. The molecule has 2 rings (SSSR count). The summed E-state index contributed by atoms with van der Waals surface area (Å²) < 4.78 is 13.8. The lowest BCUT2D eigenvalue weighted by molar-refractivity contribution is 0.0935. The second kappa shape index (κ2) is 5.12. The molecule has 5 heteroatoms. The third-order valence-electron chi connectivity index (χ3n) is 3.15. The molecule has 1 aliphatic rings. The molecule has 0 bridgehead atoms. The minimum Gasteiger partial charge on any atom is -0.371 e. The van der Waals surface area contributed by atoms with Crippen LogP contribution in [0.2, 0.25) is 0 Å². The monoisotopic (exact) mass is 237 g/mol. The van der Waals surface area contributed by atoms with Gasteiger partial charge in [-0.1, -0.05) is 6.42 Å². The molecule has 0 radical (unpaired) electrons. The highest BCUT2D eigenvalue weighted by molar-refractivity contribution is 5.95. The number of nitrogens with zero attached hydrogens (tertiary/aromatic N) is 1. The highest BCUT2D eigenvalue weighted by Crippen LogP contribution is 2.25. The van der Waals surface area contributed by atoms with Crippen molar-refractivity contribution in [1.29, 1.82) is 0 Å². The summed E-state index contributed by atoms with van der Waals surface area (Å²) in [6, 6.07) is 1.40. The Labute approximate surface area is 99.6 Å². The molecule has 4 nitrogen and oxygen atoms in total. The fraction of sp³-hybridized carbons (Fsp3) is 0.500. The van der Waals surface area contributed by atoms with Crippen molar-refractivity contribution in [3.05, 3.63) is 23.6 Å². The predicted octanol–water partition coefficient (Wildman–Crippen LogP) is 1.79. The second-order valence-corrected chi connectivity index (χ2v) is 4.28. The van der Waals surface area contributed by atoms with Gasteiger partial charge in [0, 0.05) is 19.8 Å². The Bertz CT molecular complexity index is 418. The third kappa shape index (κ3) is 2.54. The van der Waals surface area contributed by atoms with Gasteiger partial charge in [0.2, 0.25) is 0 Å². The molecule has 0 aromatic carbocycles. The van der Waals surface area contributed by atoms with E-state index in [4.69, 9.17) is 0 Å². The first-order valence-corrected chi connectivity index (χ1v) is 5.83. The summed E-state index contributed by atoms with van der Waals surface area (Å²) in [7, 11) is 1.57. The van der Waals surface area contributed by atoms with Gasteiger partial charge in [0.1, 0.15) is 0 Å². The topological polar surface area (TPSA) is 54.0 Å². The molecule has 1 fully saturated rings. The van der Waals surface area contributed by atoms with E-state index >= 15 is 0 Å². The van der Waals surface area contributed by atoms with Gasteiger partial charge in [-0.3, -0.25) is 4.79 Å². The van der Waals surface area contributed by atoms with Crippen LogP contribution in [0.1, 0.15) is 29.6 Å². The van der Waals surface area contributed by atoms with E-state index in [9.17, 15) is 9.18 Å². The van der Waals surface area contributed by atoms with Crippen LogP contribution >= 0.6 is 0 Å². The normalized spacial score (nSPS) is 15.2. The number of rotatable bonds is 4. The fourth-order valence-electron chi connectivity index (χ4n) is 1.82. The zero-order valence-corrected chi connectivity index (χ0v) is 9.79. The second-order valence-electron chi connectivity index (χ2n) is 4.28. The Kier molecular flexibility index (Phi) is 3.56. The summed E-state index contributed by atoms with van der Waals surface area (Å²) in [6.45, 7) is 0.634. The number of hydrogen-bond acceptors (Lipinski definition) is 3. The van der Waals surface area contributed by atoms with Crippen molar-refractivity contribution in [2.24, 2.45) is 5.92 Å². The van der Waals surface area contributed by atoms with Crippen LogP contribution in [0.25, 0.3) is 0 Å². The van der Waals surface area contributed by atoms with Gasteiger partial charge in [-0.25, -0.2) is 9.37 Å². The zero-order chi connectivity index (χ0) is 12.3. The summed E-state index contributed by atoms with van der Waals surface area (Å²) in [5, 5.41) is 5.37. The molecule has 1 aromatic heterocycles. The molecule has 0 saturated heterocycles. The molecular formula is C12H16FN3O. The summed E-state index contributed by atoms with van der Waals surface area (Å²) in [5.74, 6) is -0.302. The van der Waals surface area contributed by atoms with Crippen LogP contribution in [-0.4, -0.2) is 24.5 Å². The molecule has 17 heavy (non-hydrogen) atoms. The average Bonchev–Trinajstić information content (AvgIpc) is 2.27. The fourth-order valence-corrected chi connectivity index (χ4v) is 1.82. The van der Waals surface area contributed by atoms with Crippen LogP contribution < -0.4 is 10.6 Å². The quantitative estimate of drug-likeness (QED) is 0.839. The Balaban J connectivity index is 2.02. The molecule has 0 aliphatic heterocycles. The van der Waals surface area contributed by atoms with Gasteiger partial charge in [0.25, 0.3) is 5.91 Å². The maximum atomic E-state index is 13.8. The van der Waals surface area contributed by atoms with E-state index in [0.29, 0.717) is 12.5 Å². The van der Waals surface area contributed by atoms with Crippen LogP contribution in [0, 0.1) is 11.7 Å². The Morgan fingerprint density at radius 1 is 1.59 bits per heavy atom. The first kappa shape index (κ1) is 11.8. The molecular weight excluding hydrogens is 221 g/mol. The SMILES string of the molecule is CNc1nccc(C(=O)NCC2CCC2)c1F. The summed E-state index contributed by atoms with van der Waals surface area (Å²) in [4.78, 5) is 15.6. The number of hydrogen-bond donors (Lipinski definition) is 2. The van der Waals surface area contributed by atoms with Crippen LogP contribution in [0.3, 0.4) is 0 Å². The number of carbonyl (C=O) groups is 1. The van der Waals surface area contributed by atoms with E-state index in [1.807, 2.05) is 0 Å². The van der Waals surface area contributed by atoms with Gasteiger partial charge >= 0.3 is 0 Å². The standard InChI is InChI=1S/C12H16FN3O/c1-14-11-10(13)9(5-6-15-11)12(17)16-7-8-3-2-4-8/h5-6,8H,2-4,7H2,1H3,(H,14,15)(H,16,17).